The Bertz CT molecular complexity index is 1430. The smallest absolute Gasteiger partial charge is 0.166 e. The van der Waals surface area contributed by atoms with Gasteiger partial charge in [0.15, 0.2) is 11.5 Å². The second kappa shape index (κ2) is 14.3. The van der Waals surface area contributed by atoms with Crippen molar-refractivity contribution in [1.29, 1.82) is 0 Å². The number of aromatic hydroxyl groups is 4. The van der Waals surface area contributed by atoms with Gasteiger partial charge in [-0.25, -0.2) is 0 Å². The van der Waals surface area contributed by atoms with Crippen LogP contribution in [0.15, 0.2) is 72.8 Å². The summed E-state index contributed by atoms with van der Waals surface area (Å²) in [7, 11) is 3.07. The van der Waals surface area contributed by atoms with E-state index in [0.717, 1.165) is 16.7 Å². The second-order valence-electron chi connectivity index (χ2n) is 8.66. The molecule has 0 atom stereocenters. The first-order chi connectivity index (χ1) is 19.3. The molecule has 4 aromatic carbocycles. The van der Waals surface area contributed by atoms with Crippen molar-refractivity contribution in [3.05, 3.63) is 106 Å². The highest BCUT2D eigenvalue weighted by Crippen LogP contribution is 2.33. The van der Waals surface area contributed by atoms with Crippen LogP contribution < -0.4 is 9.47 Å². The zero-order valence-electron chi connectivity index (χ0n) is 22.2. The molecule has 0 aromatic heterocycles. The fourth-order valence-electron chi connectivity index (χ4n) is 3.80. The molecule has 0 saturated carbocycles. The first-order valence-electron chi connectivity index (χ1n) is 12.2. The van der Waals surface area contributed by atoms with Crippen molar-refractivity contribution in [2.24, 2.45) is 0 Å². The fraction of sp³-hybridized carbons (Fsp3) is 0.125. The van der Waals surface area contributed by atoms with Crippen LogP contribution in [0.5, 0.6) is 34.5 Å². The lowest BCUT2D eigenvalue weighted by Crippen LogP contribution is -1.97. The van der Waals surface area contributed by atoms with Crippen LogP contribution in [0, 0.1) is 0 Å². The van der Waals surface area contributed by atoms with Crippen molar-refractivity contribution in [1.82, 2.24) is 0 Å². The Labute approximate surface area is 232 Å². The SMILES string of the molecule is COc1cc(/C=C\c2ccc(O)c(CO)c2)cc(CO)c1OC.Oc1ccc(/C=C/c2cc(O)cc(O)c2)cc1. The summed E-state index contributed by atoms with van der Waals surface area (Å²) >= 11 is 0. The van der Waals surface area contributed by atoms with Gasteiger partial charge >= 0.3 is 0 Å². The van der Waals surface area contributed by atoms with Crippen LogP contribution >= 0.6 is 0 Å². The molecule has 0 amide bonds. The topological polar surface area (TPSA) is 140 Å². The number of phenolic OH excluding ortho intramolecular Hbond substituents is 3. The highest BCUT2D eigenvalue weighted by Gasteiger charge is 2.10. The van der Waals surface area contributed by atoms with Gasteiger partial charge in [-0.1, -0.05) is 42.5 Å². The molecule has 0 aliphatic rings. The quantitative estimate of drug-likeness (QED) is 0.159. The van der Waals surface area contributed by atoms with Crippen molar-refractivity contribution in [3.63, 3.8) is 0 Å². The Morgan fingerprint density at radius 1 is 0.525 bits per heavy atom. The molecule has 0 bridgehead atoms. The van der Waals surface area contributed by atoms with Crippen LogP contribution in [-0.2, 0) is 13.2 Å². The monoisotopic (exact) mass is 544 g/mol. The van der Waals surface area contributed by atoms with Gasteiger partial charge in [0, 0.05) is 17.2 Å². The first-order valence-corrected chi connectivity index (χ1v) is 12.2. The number of hydrogen-bond acceptors (Lipinski definition) is 8. The standard InChI is InChI=1S/C18H20O5.C14H12O3/c1-22-17-9-13(8-15(11-20)18(17)23-2)4-3-12-5-6-16(21)14(7-12)10-19;15-12-5-3-10(4-6-12)1-2-11-7-13(16)9-14(17)8-11/h3-9,19-21H,10-11H2,1-2H3;1-9,15-17H/b4-3-;2-1+. The van der Waals surface area contributed by atoms with Gasteiger partial charge in [-0.15, -0.1) is 0 Å². The zero-order valence-corrected chi connectivity index (χ0v) is 22.2. The number of ether oxygens (including phenoxy) is 2. The molecule has 0 saturated heterocycles. The van der Waals surface area contributed by atoms with Crippen LogP contribution in [0.25, 0.3) is 24.3 Å². The van der Waals surface area contributed by atoms with Gasteiger partial charge in [-0.05, 0) is 70.8 Å². The maximum Gasteiger partial charge on any atom is 0.166 e. The minimum Gasteiger partial charge on any atom is -0.508 e. The summed E-state index contributed by atoms with van der Waals surface area (Å²) in [4.78, 5) is 0. The molecule has 8 nitrogen and oxygen atoms in total. The summed E-state index contributed by atoms with van der Waals surface area (Å²) in [6.07, 6.45) is 7.30. The largest absolute Gasteiger partial charge is 0.508 e. The van der Waals surface area contributed by atoms with Crippen molar-refractivity contribution in [2.45, 2.75) is 13.2 Å². The van der Waals surface area contributed by atoms with Crippen molar-refractivity contribution in [2.75, 3.05) is 14.2 Å². The van der Waals surface area contributed by atoms with Crippen molar-refractivity contribution in [3.8, 4) is 34.5 Å². The Balaban J connectivity index is 0.000000230. The molecule has 208 valence electrons. The molecule has 4 rings (SSSR count). The Morgan fingerprint density at radius 3 is 1.62 bits per heavy atom. The molecule has 0 fully saturated rings. The van der Waals surface area contributed by atoms with E-state index in [9.17, 15) is 25.5 Å². The summed E-state index contributed by atoms with van der Waals surface area (Å²) in [5, 5.41) is 55.9. The predicted octanol–water partition coefficient (Wildman–Crippen LogP) is 5.54. The van der Waals surface area contributed by atoms with Crippen LogP contribution in [0.2, 0.25) is 0 Å². The maximum atomic E-state index is 9.57. The number of benzene rings is 4. The molecule has 0 spiro atoms. The third-order valence-electron chi connectivity index (χ3n) is 5.78. The lowest BCUT2D eigenvalue weighted by Gasteiger charge is -2.12. The number of hydrogen-bond donors (Lipinski definition) is 6. The average Bonchev–Trinajstić information content (AvgIpc) is 2.95. The zero-order chi connectivity index (χ0) is 29.1. The number of rotatable bonds is 8. The third-order valence-corrected chi connectivity index (χ3v) is 5.78. The number of methoxy groups -OCH3 is 2. The van der Waals surface area contributed by atoms with Crippen molar-refractivity contribution < 1.29 is 40.1 Å². The fourth-order valence-corrected chi connectivity index (χ4v) is 3.80. The van der Waals surface area contributed by atoms with E-state index in [4.69, 9.17) is 14.6 Å². The molecule has 40 heavy (non-hydrogen) atoms. The van der Waals surface area contributed by atoms with Gasteiger partial charge < -0.3 is 40.1 Å². The third kappa shape index (κ3) is 8.29. The lowest BCUT2D eigenvalue weighted by atomic mass is 10.1. The highest BCUT2D eigenvalue weighted by atomic mass is 16.5. The molecule has 0 heterocycles. The predicted molar refractivity (Wildman–Crippen MR) is 155 cm³/mol. The van der Waals surface area contributed by atoms with E-state index in [-0.39, 0.29) is 36.2 Å². The van der Waals surface area contributed by atoms with Gasteiger partial charge in [0.2, 0.25) is 0 Å². The van der Waals surface area contributed by atoms with E-state index < -0.39 is 0 Å². The van der Waals surface area contributed by atoms with E-state index in [0.29, 0.717) is 28.2 Å². The summed E-state index contributed by atoms with van der Waals surface area (Å²) in [6, 6.07) is 19.7. The van der Waals surface area contributed by atoms with Gasteiger partial charge in [0.05, 0.1) is 27.4 Å². The Hall–Kier alpha value is -4.92. The van der Waals surface area contributed by atoms with Gasteiger partial charge in [0.25, 0.3) is 0 Å². The summed E-state index contributed by atoms with van der Waals surface area (Å²) in [6.45, 7) is -0.381. The number of aliphatic hydroxyl groups excluding tert-OH is 2. The Morgan fingerprint density at radius 2 is 1.05 bits per heavy atom. The lowest BCUT2D eigenvalue weighted by molar-refractivity contribution is 0.270. The van der Waals surface area contributed by atoms with Crippen LogP contribution in [0.3, 0.4) is 0 Å². The minimum atomic E-state index is -0.224. The maximum absolute atomic E-state index is 9.57. The Kier molecular flexibility index (Phi) is 10.6. The second-order valence-corrected chi connectivity index (χ2v) is 8.66. The van der Waals surface area contributed by atoms with Crippen LogP contribution in [0.1, 0.15) is 33.4 Å². The van der Waals surface area contributed by atoms with E-state index in [2.05, 4.69) is 0 Å². The molecular weight excluding hydrogens is 512 g/mol. The van der Waals surface area contributed by atoms with Crippen LogP contribution in [0.4, 0.5) is 0 Å². The van der Waals surface area contributed by atoms with Crippen LogP contribution in [-0.4, -0.2) is 44.9 Å². The molecular formula is C32H32O8. The number of aliphatic hydroxyl groups is 2. The van der Waals surface area contributed by atoms with Gasteiger partial charge in [0.1, 0.15) is 23.0 Å². The normalized spacial score (nSPS) is 10.9. The summed E-state index contributed by atoms with van der Waals surface area (Å²) < 4.78 is 10.5. The molecule has 0 aliphatic heterocycles. The minimum absolute atomic E-state index is 0.0235. The number of phenols is 4. The molecule has 6 N–H and O–H groups in total. The average molecular weight is 545 g/mol. The van der Waals surface area contributed by atoms with Gasteiger partial charge in [-0.3, -0.25) is 0 Å². The first kappa shape index (κ1) is 29.6. The molecule has 0 aliphatic carbocycles. The molecule has 0 radical (unpaired) electrons. The van der Waals surface area contributed by atoms with Crippen molar-refractivity contribution >= 4 is 24.3 Å². The molecule has 8 heteroatoms. The van der Waals surface area contributed by atoms with E-state index in [1.807, 2.05) is 30.4 Å². The van der Waals surface area contributed by atoms with E-state index in [1.165, 1.54) is 13.2 Å². The van der Waals surface area contributed by atoms with Gasteiger partial charge in [-0.2, -0.15) is 0 Å². The highest BCUT2D eigenvalue weighted by molar-refractivity contribution is 5.73. The molecule has 0 unspecified atom stereocenters. The summed E-state index contributed by atoms with van der Waals surface area (Å²) in [5.41, 5.74) is 4.41. The van der Waals surface area contributed by atoms with E-state index >= 15 is 0 Å². The van der Waals surface area contributed by atoms with E-state index in [1.54, 1.807) is 67.8 Å². The molecule has 4 aromatic rings. The summed E-state index contributed by atoms with van der Waals surface area (Å²) in [5.74, 6) is 1.39.